The SMILES string of the molecule is C/C=C\c1ccccc1C1C=C(CC)C(c2ccccc2)=CN1. The van der Waals surface area contributed by atoms with E-state index in [0.29, 0.717) is 0 Å². The topological polar surface area (TPSA) is 12.0 Å². The number of dihydropyridines is 1. The lowest BCUT2D eigenvalue weighted by atomic mass is 9.89. The maximum Gasteiger partial charge on any atom is 0.0704 e. The molecule has 116 valence electrons. The zero-order chi connectivity index (χ0) is 16.1. The Labute approximate surface area is 139 Å². The Balaban J connectivity index is 1.95. The Bertz CT molecular complexity index is 751. The van der Waals surface area contributed by atoms with Crippen molar-refractivity contribution in [3.63, 3.8) is 0 Å². The summed E-state index contributed by atoms with van der Waals surface area (Å²) in [6, 6.07) is 19.4. The Morgan fingerprint density at radius 1 is 1.00 bits per heavy atom. The smallest absolute Gasteiger partial charge is 0.0704 e. The lowest BCUT2D eigenvalue weighted by Crippen LogP contribution is -2.19. The molecule has 1 unspecified atom stereocenters. The summed E-state index contributed by atoms with van der Waals surface area (Å²) in [7, 11) is 0. The van der Waals surface area contributed by atoms with Crippen LogP contribution in [0.3, 0.4) is 0 Å². The summed E-state index contributed by atoms with van der Waals surface area (Å²) in [4.78, 5) is 0. The van der Waals surface area contributed by atoms with Crippen LogP contribution in [0.15, 0.2) is 78.5 Å². The van der Waals surface area contributed by atoms with E-state index in [1.807, 2.05) is 0 Å². The van der Waals surface area contributed by atoms with E-state index in [1.54, 1.807) is 0 Å². The van der Waals surface area contributed by atoms with E-state index in [2.05, 4.69) is 98.2 Å². The van der Waals surface area contributed by atoms with E-state index in [0.717, 1.165) is 6.42 Å². The molecule has 2 aromatic rings. The van der Waals surface area contributed by atoms with Crippen molar-refractivity contribution in [3.8, 4) is 0 Å². The van der Waals surface area contributed by atoms with Gasteiger partial charge in [0.1, 0.15) is 0 Å². The standard InChI is InChI=1S/C22H23N/c1-3-10-18-13-8-9-14-20(18)22-15-17(4-2)21(16-23-22)19-11-6-5-7-12-19/h3,5-16,22-23H,4H2,1-2H3/b10-3-. The molecule has 0 radical (unpaired) electrons. The van der Waals surface area contributed by atoms with Gasteiger partial charge in [0.2, 0.25) is 0 Å². The van der Waals surface area contributed by atoms with Crippen molar-refractivity contribution in [1.82, 2.24) is 5.32 Å². The van der Waals surface area contributed by atoms with Crippen molar-refractivity contribution in [2.24, 2.45) is 0 Å². The highest BCUT2D eigenvalue weighted by molar-refractivity contribution is 5.80. The molecule has 3 rings (SSSR count). The van der Waals surface area contributed by atoms with Crippen molar-refractivity contribution in [3.05, 3.63) is 95.2 Å². The predicted molar refractivity (Wildman–Crippen MR) is 99.8 cm³/mol. The number of allylic oxidation sites excluding steroid dienone is 3. The highest BCUT2D eigenvalue weighted by Gasteiger charge is 2.18. The average Bonchev–Trinajstić information content (AvgIpc) is 2.63. The number of hydrogen-bond acceptors (Lipinski definition) is 1. The molecule has 1 nitrogen and oxygen atoms in total. The molecule has 1 aliphatic rings. The predicted octanol–water partition coefficient (Wildman–Crippen LogP) is 5.74. The third kappa shape index (κ3) is 3.29. The van der Waals surface area contributed by atoms with Crippen molar-refractivity contribution in [2.75, 3.05) is 0 Å². The van der Waals surface area contributed by atoms with E-state index in [4.69, 9.17) is 0 Å². The highest BCUT2D eigenvalue weighted by Crippen LogP contribution is 2.33. The molecular formula is C22H23N. The van der Waals surface area contributed by atoms with Crippen LogP contribution in [0.1, 0.15) is 43.0 Å². The van der Waals surface area contributed by atoms with Crippen molar-refractivity contribution >= 4 is 11.6 Å². The van der Waals surface area contributed by atoms with Crippen LogP contribution < -0.4 is 5.32 Å². The summed E-state index contributed by atoms with van der Waals surface area (Å²) in [6.45, 7) is 4.29. The molecule has 0 spiro atoms. The second-order valence-electron chi connectivity index (χ2n) is 5.74. The van der Waals surface area contributed by atoms with Gasteiger partial charge in [-0.15, -0.1) is 0 Å². The third-order valence-corrected chi connectivity index (χ3v) is 4.26. The van der Waals surface area contributed by atoms with Crippen molar-refractivity contribution in [2.45, 2.75) is 26.3 Å². The highest BCUT2D eigenvalue weighted by atomic mass is 14.9. The molecule has 0 saturated carbocycles. The Kier molecular flexibility index (Phi) is 4.77. The molecule has 1 aliphatic heterocycles. The molecule has 0 saturated heterocycles. The van der Waals surface area contributed by atoms with Crippen LogP contribution in [0.4, 0.5) is 0 Å². The lowest BCUT2D eigenvalue weighted by molar-refractivity contribution is 0.736. The van der Waals surface area contributed by atoms with E-state index >= 15 is 0 Å². The first-order valence-electron chi connectivity index (χ1n) is 8.27. The summed E-state index contributed by atoms with van der Waals surface area (Å²) in [5.41, 5.74) is 6.56. The number of hydrogen-bond donors (Lipinski definition) is 1. The van der Waals surface area contributed by atoms with Crippen LogP contribution in [-0.2, 0) is 0 Å². The average molecular weight is 301 g/mol. The zero-order valence-electron chi connectivity index (χ0n) is 13.8. The van der Waals surface area contributed by atoms with E-state index in [-0.39, 0.29) is 6.04 Å². The molecule has 1 heteroatoms. The zero-order valence-corrected chi connectivity index (χ0v) is 13.8. The molecule has 0 aromatic heterocycles. The molecule has 23 heavy (non-hydrogen) atoms. The molecule has 0 aliphatic carbocycles. The van der Waals surface area contributed by atoms with Gasteiger partial charge < -0.3 is 5.32 Å². The van der Waals surface area contributed by atoms with Gasteiger partial charge in [-0.1, -0.05) is 79.7 Å². The monoisotopic (exact) mass is 301 g/mol. The molecule has 0 amide bonds. The Hall–Kier alpha value is -2.54. The molecular weight excluding hydrogens is 278 g/mol. The number of nitrogens with one attached hydrogen (secondary N) is 1. The quantitative estimate of drug-likeness (QED) is 0.759. The van der Waals surface area contributed by atoms with E-state index in [9.17, 15) is 0 Å². The van der Waals surface area contributed by atoms with Gasteiger partial charge in [0, 0.05) is 11.8 Å². The fraction of sp³-hybridized carbons (Fsp3) is 0.182. The Morgan fingerprint density at radius 3 is 2.48 bits per heavy atom. The van der Waals surface area contributed by atoms with Gasteiger partial charge in [0.25, 0.3) is 0 Å². The summed E-state index contributed by atoms with van der Waals surface area (Å²) >= 11 is 0. The van der Waals surface area contributed by atoms with Crippen molar-refractivity contribution in [1.29, 1.82) is 0 Å². The minimum absolute atomic E-state index is 0.227. The summed E-state index contributed by atoms with van der Waals surface area (Å²) in [6.07, 6.45) is 9.84. The minimum Gasteiger partial charge on any atom is -0.380 e. The molecule has 1 heterocycles. The van der Waals surface area contributed by atoms with Crippen LogP contribution in [0, 0.1) is 0 Å². The summed E-state index contributed by atoms with van der Waals surface area (Å²) in [5.74, 6) is 0. The summed E-state index contributed by atoms with van der Waals surface area (Å²) in [5, 5.41) is 3.57. The lowest BCUT2D eigenvalue weighted by Gasteiger charge is -2.25. The minimum atomic E-state index is 0.227. The van der Waals surface area contributed by atoms with Crippen molar-refractivity contribution < 1.29 is 0 Å². The van der Waals surface area contributed by atoms with Gasteiger partial charge >= 0.3 is 0 Å². The van der Waals surface area contributed by atoms with Crippen LogP contribution in [-0.4, -0.2) is 0 Å². The van der Waals surface area contributed by atoms with Crippen LogP contribution >= 0.6 is 0 Å². The second kappa shape index (κ2) is 7.15. The number of benzene rings is 2. The molecule has 1 N–H and O–H groups in total. The first-order valence-corrected chi connectivity index (χ1v) is 8.27. The first kappa shape index (κ1) is 15.4. The van der Waals surface area contributed by atoms with Crippen LogP contribution in [0.2, 0.25) is 0 Å². The van der Waals surface area contributed by atoms with Gasteiger partial charge in [-0.05, 0) is 35.6 Å². The van der Waals surface area contributed by atoms with Gasteiger partial charge in [-0.3, -0.25) is 0 Å². The maximum absolute atomic E-state index is 3.57. The molecule has 0 fully saturated rings. The summed E-state index contributed by atoms with van der Waals surface area (Å²) < 4.78 is 0. The van der Waals surface area contributed by atoms with E-state index in [1.165, 1.54) is 27.8 Å². The van der Waals surface area contributed by atoms with Crippen LogP contribution in [0.25, 0.3) is 11.6 Å². The fourth-order valence-corrected chi connectivity index (χ4v) is 3.10. The largest absolute Gasteiger partial charge is 0.380 e. The van der Waals surface area contributed by atoms with Gasteiger partial charge in [-0.25, -0.2) is 0 Å². The normalized spacial score (nSPS) is 17.6. The van der Waals surface area contributed by atoms with E-state index < -0.39 is 0 Å². The maximum atomic E-state index is 3.57. The second-order valence-corrected chi connectivity index (χ2v) is 5.74. The molecule has 1 atom stereocenters. The first-order chi connectivity index (χ1) is 11.3. The van der Waals surface area contributed by atoms with Gasteiger partial charge in [-0.2, -0.15) is 0 Å². The fourth-order valence-electron chi connectivity index (χ4n) is 3.10. The molecule has 2 aromatic carbocycles. The van der Waals surface area contributed by atoms with Gasteiger partial charge in [0.15, 0.2) is 0 Å². The number of rotatable bonds is 4. The Morgan fingerprint density at radius 2 is 1.74 bits per heavy atom. The third-order valence-electron chi connectivity index (χ3n) is 4.26. The van der Waals surface area contributed by atoms with Crippen LogP contribution in [0.5, 0.6) is 0 Å². The molecule has 0 bridgehead atoms. The van der Waals surface area contributed by atoms with Gasteiger partial charge in [0.05, 0.1) is 6.04 Å².